The Balaban J connectivity index is 1.57. The van der Waals surface area contributed by atoms with E-state index in [1.165, 1.54) is 12.3 Å². The van der Waals surface area contributed by atoms with Crippen LogP contribution in [0.1, 0.15) is 11.4 Å². The van der Waals surface area contributed by atoms with Crippen LogP contribution in [-0.4, -0.2) is 54.2 Å². The summed E-state index contributed by atoms with van der Waals surface area (Å²) < 4.78 is 110. The molecule has 4 rings (SSSR count). The van der Waals surface area contributed by atoms with Crippen molar-refractivity contribution in [1.82, 2.24) is 20.3 Å². The SMILES string of the molecule is Cc1nc(Oc2cc(F)c(NS(=O)(=O)C(F)F)c(F)c2)c(-c2ccnc(N[C@@H]3CNCC(F)(F)C3)n2)s1. The molecule has 0 unspecified atom stereocenters. The fraction of sp³-hybridized carbons (Fsp3) is 0.350. The van der Waals surface area contributed by atoms with Crippen molar-refractivity contribution in [3.63, 3.8) is 0 Å². The number of ether oxygens (including phenoxy) is 1. The van der Waals surface area contributed by atoms with E-state index in [1.54, 1.807) is 6.92 Å². The minimum Gasteiger partial charge on any atom is -0.437 e. The van der Waals surface area contributed by atoms with Crippen molar-refractivity contribution < 1.29 is 39.5 Å². The zero-order chi connectivity index (χ0) is 27.0. The van der Waals surface area contributed by atoms with Crippen LogP contribution in [0.3, 0.4) is 0 Å². The molecule has 0 saturated carbocycles. The summed E-state index contributed by atoms with van der Waals surface area (Å²) in [5.41, 5.74) is -1.02. The molecule has 37 heavy (non-hydrogen) atoms. The third-order valence-electron chi connectivity index (χ3n) is 4.95. The standard InChI is InChI=1S/C20H18F6N6O3S2/c1-9-29-17(35-11-4-12(21)15(13(22)5-11)32-37(33,34)18(23)24)16(36-9)14-2-3-28-19(31-14)30-10-6-20(25,26)8-27-7-10/h2-5,10,18,27,32H,6-8H2,1H3,(H,28,30,31)/t10-/m0/s1. The first-order valence-electron chi connectivity index (χ1n) is 10.5. The second-order valence-electron chi connectivity index (χ2n) is 7.94. The lowest BCUT2D eigenvalue weighted by Crippen LogP contribution is -2.49. The van der Waals surface area contributed by atoms with Gasteiger partial charge in [-0.25, -0.2) is 40.9 Å². The predicted octanol–water partition coefficient (Wildman–Crippen LogP) is 4.35. The lowest BCUT2D eigenvalue weighted by molar-refractivity contribution is -0.0244. The Kier molecular flexibility index (Phi) is 7.48. The van der Waals surface area contributed by atoms with Gasteiger partial charge in [0.15, 0.2) is 11.6 Å². The summed E-state index contributed by atoms with van der Waals surface area (Å²) in [7, 11) is -5.31. The Morgan fingerprint density at radius 1 is 1.22 bits per heavy atom. The predicted molar refractivity (Wildman–Crippen MR) is 123 cm³/mol. The number of sulfonamides is 1. The number of aryl methyl sites for hydroxylation is 1. The van der Waals surface area contributed by atoms with E-state index in [0.717, 1.165) is 16.1 Å². The van der Waals surface area contributed by atoms with Gasteiger partial charge in [0.05, 0.1) is 17.2 Å². The van der Waals surface area contributed by atoms with Crippen LogP contribution >= 0.6 is 11.3 Å². The van der Waals surface area contributed by atoms with Crippen LogP contribution in [-0.2, 0) is 10.0 Å². The van der Waals surface area contributed by atoms with E-state index in [1.807, 2.05) is 0 Å². The molecule has 1 aliphatic rings. The number of halogens is 6. The molecule has 0 amide bonds. The summed E-state index contributed by atoms with van der Waals surface area (Å²) in [6.07, 6.45) is 0.962. The van der Waals surface area contributed by atoms with Crippen LogP contribution in [0.2, 0.25) is 0 Å². The van der Waals surface area contributed by atoms with Crippen molar-refractivity contribution in [2.75, 3.05) is 23.1 Å². The summed E-state index contributed by atoms with van der Waals surface area (Å²) in [6, 6.07) is 2.04. The van der Waals surface area contributed by atoms with Gasteiger partial charge in [-0.05, 0) is 13.0 Å². The lowest BCUT2D eigenvalue weighted by Gasteiger charge is -2.30. The molecule has 3 aromatic rings. The second kappa shape index (κ2) is 10.3. The van der Waals surface area contributed by atoms with Crippen LogP contribution < -0.4 is 20.1 Å². The third kappa shape index (κ3) is 6.40. The van der Waals surface area contributed by atoms with Gasteiger partial charge in [-0.2, -0.15) is 8.78 Å². The van der Waals surface area contributed by atoms with Crippen molar-refractivity contribution >= 4 is 33.0 Å². The summed E-state index contributed by atoms with van der Waals surface area (Å²) >= 11 is 1.11. The molecule has 0 spiro atoms. The molecule has 2 aromatic heterocycles. The van der Waals surface area contributed by atoms with Crippen LogP contribution in [0, 0.1) is 18.6 Å². The van der Waals surface area contributed by atoms with Crippen LogP contribution in [0.15, 0.2) is 24.4 Å². The van der Waals surface area contributed by atoms with Gasteiger partial charge in [0.1, 0.15) is 16.3 Å². The molecule has 0 radical (unpaired) electrons. The number of nitrogens with one attached hydrogen (secondary N) is 3. The Hall–Kier alpha value is -3.18. The topological polar surface area (TPSA) is 118 Å². The van der Waals surface area contributed by atoms with Gasteiger partial charge in [-0.3, -0.25) is 4.72 Å². The van der Waals surface area contributed by atoms with E-state index in [9.17, 15) is 34.8 Å². The molecule has 9 nitrogen and oxygen atoms in total. The number of rotatable bonds is 8. The maximum absolute atomic E-state index is 14.4. The molecular weight excluding hydrogens is 550 g/mol. The molecular formula is C20H18F6N6O3S2. The molecule has 1 fully saturated rings. The van der Waals surface area contributed by atoms with E-state index >= 15 is 0 Å². The van der Waals surface area contributed by atoms with Gasteiger partial charge in [0.2, 0.25) is 11.8 Å². The van der Waals surface area contributed by atoms with E-state index in [0.29, 0.717) is 22.0 Å². The number of piperidine rings is 1. The molecule has 1 aromatic carbocycles. The van der Waals surface area contributed by atoms with Crippen molar-refractivity contribution in [3.8, 4) is 22.2 Å². The van der Waals surface area contributed by atoms with Crippen LogP contribution in [0.4, 0.5) is 38.0 Å². The zero-order valence-corrected chi connectivity index (χ0v) is 20.4. The van der Waals surface area contributed by atoms with Gasteiger partial charge in [0, 0.05) is 37.3 Å². The minimum absolute atomic E-state index is 0.0618. The van der Waals surface area contributed by atoms with Crippen molar-refractivity contribution in [2.45, 2.75) is 31.1 Å². The average molecular weight is 569 g/mol. The molecule has 3 heterocycles. The lowest BCUT2D eigenvalue weighted by atomic mass is 10.0. The first-order chi connectivity index (χ1) is 17.3. The highest BCUT2D eigenvalue weighted by molar-refractivity contribution is 7.93. The smallest absolute Gasteiger partial charge is 0.355 e. The number of hydrogen-bond donors (Lipinski definition) is 3. The normalized spacial score (nSPS) is 17.6. The second-order valence-corrected chi connectivity index (χ2v) is 10.8. The van der Waals surface area contributed by atoms with Crippen molar-refractivity contribution in [1.29, 1.82) is 0 Å². The molecule has 0 aliphatic carbocycles. The number of nitrogens with zero attached hydrogens (tertiary/aromatic N) is 3. The summed E-state index contributed by atoms with van der Waals surface area (Å²) in [5.74, 6) is -10.3. The summed E-state index contributed by atoms with van der Waals surface area (Å²) in [4.78, 5) is 12.8. The number of alkyl halides is 4. The van der Waals surface area contributed by atoms with Crippen LogP contribution in [0.5, 0.6) is 11.6 Å². The number of hydrogen-bond acceptors (Lipinski definition) is 9. The highest BCUT2D eigenvalue weighted by Gasteiger charge is 2.36. The molecule has 1 atom stereocenters. The minimum atomic E-state index is -5.31. The zero-order valence-electron chi connectivity index (χ0n) is 18.7. The van der Waals surface area contributed by atoms with Gasteiger partial charge in [0.25, 0.3) is 15.9 Å². The number of anilines is 2. The Morgan fingerprint density at radius 3 is 2.57 bits per heavy atom. The van der Waals surface area contributed by atoms with E-state index in [2.05, 4.69) is 25.6 Å². The van der Waals surface area contributed by atoms with E-state index < -0.39 is 63.8 Å². The summed E-state index contributed by atoms with van der Waals surface area (Å²) in [6.45, 7) is 1.48. The molecule has 17 heteroatoms. The van der Waals surface area contributed by atoms with Crippen molar-refractivity contribution in [2.24, 2.45) is 0 Å². The van der Waals surface area contributed by atoms with Crippen molar-refractivity contribution in [3.05, 3.63) is 41.0 Å². The van der Waals surface area contributed by atoms with Gasteiger partial charge >= 0.3 is 5.76 Å². The first-order valence-corrected chi connectivity index (χ1v) is 12.8. The molecule has 0 bridgehead atoms. The quantitative estimate of drug-likeness (QED) is 0.344. The maximum atomic E-state index is 14.4. The Labute approximate surface area is 210 Å². The third-order valence-corrected chi connectivity index (χ3v) is 6.89. The fourth-order valence-electron chi connectivity index (χ4n) is 3.42. The number of benzene rings is 1. The number of thiazole rings is 1. The monoisotopic (exact) mass is 568 g/mol. The van der Waals surface area contributed by atoms with E-state index in [-0.39, 0.29) is 24.1 Å². The maximum Gasteiger partial charge on any atom is 0.355 e. The van der Waals surface area contributed by atoms with Gasteiger partial charge in [-0.1, -0.05) is 0 Å². The average Bonchev–Trinajstić information content (AvgIpc) is 3.15. The van der Waals surface area contributed by atoms with Crippen LogP contribution in [0.25, 0.3) is 10.6 Å². The molecule has 3 N–H and O–H groups in total. The molecule has 200 valence electrons. The summed E-state index contributed by atoms with van der Waals surface area (Å²) in [5, 5.41) is 5.95. The first kappa shape index (κ1) is 26.9. The van der Waals surface area contributed by atoms with Gasteiger partial charge in [-0.15, -0.1) is 11.3 Å². The fourth-order valence-corrected chi connectivity index (χ4v) is 4.80. The molecule has 1 saturated heterocycles. The Morgan fingerprint density at radius 2 is 1.92 bits per heavy atom. The molecule has 1 aliphatic heterocycles. The highest BCUT2D eigenvalue weighted by atomic mass is 32.2. The number of aromatic nitrogens is 3. The van der Waals surface area contributed by atoms with E-state index in [4.69, 9.17) is 4.74 Å². The largest absolute Gasteiger partial charge is 0.437 e. The Bertz CT molecular complexity index is 1380. The van der Waals surface area contributed by atoms with Gasteiger partial charge < -0.3 is 15.4 Å². The highest BCUT2D eigenvalue weighted by Crippen LogP contribution is 2.38.